The zero-order valence-corrected chi connectivity index (χ0v) is 13.4. The number of methoxy groups -OCH3 is 2. The zero-order valence-electron chi connectivity index (χ0n) is 13.4. The minimum absolute atomic E-state index is 0.0220. The van der Waals surface area contributed by atoms with Crippen molar-refractivity contribution >= 4 is 17.3 Å². The molecule has 0 fully saturated rings. The van der Waals surface area contributed by atoms with Crippen LogP contribution in [-0.2, 0) is 4.79 Å². The van der Waals surface area contributed by atoms with Crippen molar-refractivity contribution in [2.24, 2.45) is 0 Å². The third kappa shape index (κ3) is 4.34. The summed E-state index contributed by atoms with van der Waals surface area (Å²) in [6.45, 7) is 0.255. The summed E-state index contributed by atoms with van der Waals surface area (Å²) >= 11 is 0. The summed E-state index contributed by atoms with van der Waals surface area (Å²) in [5.41, 5.74) is 0.211. The van der Waals surface area contributed by atoms with Gasteiger partial charge in [0.15, 0.2) is 0 Å². The Labute approximate surface area is 138 Å². The SMILES string of the molecule is COc1ccc(OC)c(NCCC(=O)Nc2c(F)cccc2F)c1. The standard InChI is InChI=1S/C17H18F2N2O3/c1-23-11-6-7-15(24-2)14(10-11)20-9-8-16(22)21-17-12(18)4-3-5-13(17)19/h3-7,10,20H,8-9H2,1-2H3,(H,21,22). The molecule has 24 heavy (non-hydrogen) atoms. The van der Waals surface area contributed by atoms with E-state index in [1.807, 2.05) is 0 Å². The fraction of sp³-hybridized carbons (Fsp3) is 0.235. The molecule has 0 radical (unpaired) electrons. The second-order valence-corrected chi connectivity index (χ2v) is 4.89. The molecule has 0 aromatic heterocycles. The van der Waals surface area contributed by atoms with Gasteiger partial charge in [-0.2, -0.15) is 0 Å². The Bertz CT molecular complexity index is 703. The van der Waals surface area contributed by atoms with E-state index < -0.39 is 23.2 Å². The number of carbonyl (C=O) groups is 1. The van der Waals surface area contributed by atoms with E-state index in [0.29, 0.717) is 17.2 Å². The summed E-state index contributed by atoms with van der Waals surface area (Å²) in [6, 6.07) is 8.61. The number of hydrogen-bond acceptors (Lipinski definition) is 4. The molecule has 1 amide bonds. The largest absolute Gasteiger partial charge is 0.497 e. The van der Waals surface area contributed by atoms with Gasteiger partial charge in [-0.05, 0) is 24.3 Å². The van der Waals surface area contributed by atoms with Crippen LogP contribution in [0.5, 0.6) is 11.5 Å². The van der Waals surface area contributed by atoms with Gasteiger partial charge in [-0.25, -0.2) is 8.78 Å². The number of amides is 1. The Balaban J connectivity index is 1.93. The summed E-state index contributed by atoms with van der Waals surface area (Å²) < 4.78 is 37.3. The van der Waals surface area contributed by atoms with E-state index in [2.05, 4.69) is 10.6 Å². The van der Waals surface area contributed by atoms with Crippen LogP contribution in [0.2, 0.25) is 0 Å². The van der Waals surface area contributed by atoms with Gasteiger partial charge in [0.1, 0.15) is 28.8 Å². The topological polar surface area (TPSA) is 59.6 Å². The number of hydrogen-bond donors (Lipinski definition) is 2. The predicted octanol–water partition coefficient (Wildman–Crippen LogP) is 3.42. The average molecular weight is 336 g/mol. The van der Waals surface area contributed by atoms with Crippen LogP contribution in [0.25, 0.3) is 0 Å². The normalized spacial score (nSPS) is 10.2. The smallest absolute Gasteiger partial charge is 0.226 e. The lowest BCUT2D eigenvalue weighted by atomic mass is 10.2. The predicted molar refractivity (Wildman–Crippen MR) is 87.6 cm³/mol. The molecule has 0 aliphatic rings. The highest BCUT2D eigenvalue weighted by molar-refractivity contribution is 5.91. The number of carbonyl (C=O) groups excluding carboxylic acids is 1. The number of para-hydroxylation sites is 1. The van der Waals surface area contributed by atoms with Crippen LogP contribution in [0.1, 0.15) is 6.42 Å². The van der Waals surface area contributed by atoms with Crippen LogP contribution in [0, 0.1) is 11.6 Å². The number of rotatable bonds is 7. The molecular weight excluding hydrogens is 318 g/mol. The Kier molecular flexibility index (Phi) is 5.95. The minimum Gasteiger partial charge on any atom is -0.497 e. The molecule has 0 aliphatic carbocycles. The summed E-state index contributed by atoms with van der Waals surface area (Å²) in [6.07, 6.45) is 0.0220. The van der Waals surface area contributed by atoms with Crippen LogP contribution in [0.15, 0.2) is 36.4 Å². The summed E-state index contributed by atoms with van der Waals surface area (Å²) in [7, 11) is 3.07. The highest BCUT2D eigenvalue weighted by atomic mass is 19.1. The maximum Gasteiger partial charge on any atom is 0.226 e. The quantitative estimate of drug-likeness (QED) is 0.813. The number of benzene rings is 2. The lowest BCUT2D eigenvalue weighted by Crippen LogP contribution is -2.18. The molecule has 0 aliphatic heterocycles. The van der Waals surface area contributed by atoms with Gasteiger partial charge >= 0.3 is 0 Å². The van der Waals surface area contributed by atoms with Crippen LogP contribution >= 0.6 is 0 Å². The second-order valence-electron chi connectivity index (χ2n) is 4.89. The van der Waals surface area contributed by atoms with E-state index in [0.717, 1.165) is 12.1 Å². The summed E-state index contributed by atoms with van der Waals surface area (Å²) in [5.74, 6) is -0.905. The van der Waals surface area contributed by atoms with Crippen molar-refractivity contribution in [3.05, 3.63) is 48.0 Å². The fourth-order valence-electron chi connectivity index (χ4n) is 2.08. The molecule has 128 valence electrons. The first-order chi connectivity index (χ1) is 11.5. The molecule has 0 saturated heterocycles. The maximum absolute atomic E-state index is 13.5. The number of nitrogens with one attached hydrogen (secondary N) is 2. The molecule has 2 N–H and O–H groups in total. The molecule has 0 saturated carbocycles. The molecule has 0 spiro atoms. The van der Waals surface area contributed by atoms with Gasteiger partial charge in [-0.15, -0.1) is 0 Å². The number of anilines is 2. The van der Waals surface area contributed by atoms with E-state index in [1.54, 1.807) is 25.3 Å². The lowest BCUT2D eigenvalue weighted by Gasteiger charge is -2.13. The van der Waals surface area contributed by atoms with E-state index >= 15 is 0 Å². The van der Waals surface area contributed by atoms with E-state index in [4.69, 9.17) is 9.47 Å². The first-order valence-corrected chi connectivity index (χ1v) is 7.25. The molecule has 0 bridgehead atoms. The van der Waals surface area contributed by atoms with E-state index in [-0.39, 0.29) is 13.0 Å². The third-order valence-corrected chi connectivity index (χ3v) is 3.30. The van der Waals surface area contributed by atoms with Gasteiger partial charge in [0.2, 0.25) is 5.91 Å². The summed E-state index contributed by atoms with van der Waals surface area (Å²) in [5, 5.41) is 5.26. The van der Waals surface area contributed by atoms with Crippen molar-refractivity contribution in [2.75, 3.05) is 31.4 Å². The maximum atomic E-state index is 13.5. The van der Waals surface area contributed by atoms with Gasteiger partial charge in [0, 0.05) is 19.0 Å². The van der Waals surface area contributed by atoms with Crippen molar-refractivity contribution < 1.29 is 23.0 Å². The first-order valence-electron chi connectivity index (χ1n) is 7.25. The Morgan fingerprint density at radius 2 is 1.79 bits per heavy atom. The van der Waals surface area contributed by atoms with Gasteiger partial charge < -0.3 is 20.1 Å². The van der Waals surface area contributed by atoms with Gasteiger partial charge in [0.25, 0.3) is 0 Å². The van der Waals surface area contributed by atoms with E-state index in [1.165, 1.54) is 13.2 Å². The van der Waals surface area contributed by atoms with Gasteiger partial charge in [-0.1, -0.05) is 6.07 Å². The van der Waals surface area contributed by atoms with Crippen molar-refractivity contribution in [1.29, 1.82) is 0 Å². The fourth-order valence-corrected chi connectivity index (χ4v) is 2.08. The molecule has 5 nitrogen and oxygen atoms in total. The van der Waals surface area contributed by atoms with Crippen molar-refractivity contribution in [1.82, 2.24) is 0 Å². The number of ether oxygens (including phenoxy) is 2. The molecule has 0 heterocycles. The molecule has 2 aromatic rings. The van der Waals surface area contributed by atoms with Gasteiger partial charge in [-0.3, -0.25) is 4.79 Å². The Morgan fingerprint density at radius 1 is 1.08 bits per heavy atom. The summed E-state index contributed by atoms with van der Waals surface area (Å²) in [4.78, 5) is 11.8. The average Bonchev–Trinajstić information content (AvgIpc) is 2.58. The molecule has 0 unspecified atom stereocenters. The second kappa shape index (κ2) is 8.14. The molecule has 0 atom stereocenters. The van der Waals surface area contributed by atoms with Crippen molar-refractivity contribution in [3.8, 4) is 11.5 Å². The monoisotopic (exact) mass is 336 g/mol. The molecule has 7 heteroatoms. The highest BCUT2D eigenvalue weighted by Crippen LogP contribution is 2.28. The van der Waals surface area contributed by atoms with Crippen LogP contribution in [0.3, 0.4) is 0 Å². The Hall–Kier alpha value is -2.83. The van der Waals surface area contributed by atoms with Crippen LogP contribution < -0.4 is 20.1 Å². The number of halogens is 2. The first kappa shape index (κ1) is 17.5. The Morgan fingerprint density at radius 3 is 2.42 bits per heavy atom. The zero-order chi connectivity index (χ0) is 17.5. The molecular formula is C17H18F2N2O3. The van der Waals surface area contributed by atoms with E-state index in [9.17, 15) is 13.6 Å². The molecule has 2 rings (SSSR count). The van der Waals surface area contributed by atoms with Gasteiger partial charge in [0.05, 0.1) is 19.9 Å². The lowest BCUT2D eigenvalue weighted by molar-refractivity contribution is -0.116. The molecule has 2 aromatic carbocycles. The van der Waals surface area contributed by atoms with Crippen molar-refractivity contribution in [2.45, 2.75) is 6.42 Å². The highest BCUT2D eigenvalue weighted by Gasteiger charge is 2.12. The third-order valence-electron chi connectivity index (χ3n) is 3.30. The van der Waals surface area contributed by atoms with Crippen LogP contribution in [0.4, 0.5) is 20.2 Å². The van der Waals surface area contributed by atoms with Crippen LogP contribution in [-0.4, -0.2) is 26.7 Å². The van der Waals surface area contributed by atoms with Crippen molar-refractivity contribution in [3.63, 3.8) is 0 Å². The minimum atomic E-state index is -0.814.